The van der Waals surface area contributed by atoms with Crippen molar-refractivity contribution in [2.45, 2.75) is 13.0 Å². The minimum Gasteiger partial charge on any atom is -0.508 e. The van der Waals surface area contributed by atoms with Gasteiger partial charge in [0.2, 0.25) is 5.91 Å². The van der Waals surface area contributed by atoms with Gasteiger partial charge < -0.3 is 20.9 Å². The molecule has 5 nitrogen and oxygen atoms in total. The number of ether oxygens (including phenoxy) is 1. The molecule has 2 rings (SSSR count). The molecular formula is C12H16N2O3. The highest BCUT2D eigenvalue weighted by atomic mass is 16.5. The van der Waals surface area contributed by atoms with Gasteiger partial charge in [0.1, 0.15) is 5.75 Å². The quantitative estimate of drug-likeness (QED) is 0.660. The van der Waals surface area contributed by atoms with Crippen molar-refractivity contribution in [3.63, 3.8) is 0 Å². The fourth-order valence-corrected chi connectivity index (χ4v) is 1.74. The van der Waals surface area contributed by atoms with Crippen molar-refractivity contribution in [3.8, 4) is 5.75 Å². The van der Waals surface area contributed by atoms with Crippen LogP contribution in [0.1, 0.15) is 6.92 Å². The van der Waals surface area contributed by atoms with Gasteiger partial charge in [0.25, 0.3) is 0 Å². The summed E-state index contributed by atoms with van der Waals surface area (Å²) < 4.78 is 5.22. The minimum absolute atomic E-state index is 0.159. The summed E-state index contributed by atoms with van der Waals surface area (Å²) in [5.41, 5.74) is 5.80. The molecule has 1 fully saturated rings. The van der Waals surface area contributed by atoms with Crippen LogP contribution in [0.2, 0.25) is 0 Å². The largest absolute Gasteiger partial charge is 0.508 e. The lowest BCUT2D eigenvalue weighted by Crippen LogP contribution is -2.47. The summed E-state index contributed by atoms with van der Waals surface area (Å²) >= 11 is 0. The maximum absolute atomic E-state index is 12.1. The number of aromatic hydroxyl groups is 1. The monoisotopic (exact) mass is 236 g/mol. The topological polar surface area (TPSA) is 84.6 Å². The molecule has 1 aliphatic rings. The van der Waals surface area contributed by atoms with Gasteiger partial charge in [0.05, 0.1) is 18.6 Å². The fourth-order valence-electron chi connectivity index (χ4n) is 1.74. The van der Waals surface area contributed by atoms with Crippen molar-refractivity contribution in [1.29, 1.82) is 0 Å². The first-order valence-electron chi connectivity index (χ1n) is 5.46. The zero-order valence-electron chi connectivity index (χ0n) is 9.64. The molecule has 0 aliphatic carbocycles. The van der Waals surface area contributed by atoms with Crippen LogP contribution in [0.5, 0.6) is 5.75 Å². The molecule has 5 heteroatoms. The van der Waals surface area contributed by atoms with E-state index in [2.05, 4.69) is 5.32 Å². The van der Waals surface area contributed by atoms with E-state index >= 15 is 0 Å². The van der Waals surface area contributed by atoms with Crippen LogP contribution in [0.3, 0.4) is 0 Å². The molecule has 0 aromatic heterocycles. The minimum atomic E-state index is -0.697. The molecule has 0 bridgehead atoms. The lowest BCUT2D eigenvalue weighted by atomic mass is 9.85. The van der Waals surface area contributed by atoms with Crippen LogP contribution >= 0.6 is 0 Å². The van der Waals surface area contributed by atoms with Crippen molar-refractivity contribution in [2.75, 3.05) is 18.5 Å². The molecule has 0 spiro atoms. The predicted octanol–water partition coefficient (Wildman–Crippen LogP) is 0.694. The molecular weight excluding hydrogens is 220 g/mol. The van der Waals surface area contributed by atoms with Gasteiger partial charge in [-0.25, -0.2) is 0 Å². The van der Waals surface area contributed by atoms with Crippen molar-refractivity contribution in [3.05, 3.63) is 24.3 Å². The molecule has 0 radical (unpaired) electrons. The van der Waals surface area contributed by atoms with E-state index in [0.717, 1.165) is 0 Å². The lowest BCUT2D eigenvalue weighted by molar-refractivity contribution is -0.125. The molecule has 17 heavy (non-hydrogen) atoms. The number of carbonyl (C=O) groups excluding carboxylic acids is 1. The summed E-state index contributed by atoms with van der Waals surface area (Å²) in [5, 5.41) is 11.9. The van der Waals surface area contributed by atoms with Crippen LogP contribution in [0.25, 0.3) is 0 Å². The summed E-state index contributed by atoms with van der Waals surface area (Å²) in [4.78, 5) is 12.1. The number of amides is 1. The molecule has 1 aromatic rings. The Bertz CT molecular complexity index is 418. The molecule has 1 saturated heterocycles. The van der Waals surface area contributed by atoms with E-state index in [1.807, 2.05) is 0 Å². The SMILES string of the molecule is CC1(C(=O)Nc2ccc(O)cc2)COCC1N. The Kier molecular flexibility index (Phi) is 3.04. The molecule has 1 aliphatic heterocycles. The van der Waals surface area contributed by atoms with Crippen molar-refractivity contribution in [1.82, 2.24) is 0 Å². The average Bonchev–Trinajstić information content (AvgIpc) is 2.64. The van der Waals surface area contributed by atoms with Gasteiger partial charge in [-0.15, -0.1) is 0 Å². The van der Waals surface area contributed by atoms with Crippen LogP contribution in [-0.4, -0.2) is 30.3 Å². The highest BCUT2D eigenvalue weighted by molar-refractivity contribution is 5.96. The van der Waals surface area contributed by atoms with Crippen LogP contribution in [-0.2, 0) is 9.53 Å². The Morgan fingerprint density at radius 1 is 1.53 bits per heavy atom. The number of carbonyl (C=O) groups is 1. The number of rotatable bonds is 2. The number of anilines is 1. The Labute approximate surface area is 99.6 Å². The van der Waals surface area contributed by atoms with Crippen molar-refractivity contribution in [2.24, 2.45) is 11.1 Å². The average molecular weight is 236 g/mol. The first-order valence-corrected chi connectivity index (χ1v) is 5.46. The fraction of sp³-hybridized carbons (Fsp3) is 0.417. The summed E-state index contributed by atoms with van der Waals surface area (Å²) in [6, 6.07) is 6.02. The second-order valence-corrected chi connectivity index (χ2v) is 4.54. The first-order chi connectivity index (χ1) is 8.02. The molecule has 2 unspecified atom stereocenters. The van der Waals surface area contributed by atoms with Crippen molar-refractivity contribution < 1.29 is 14.6 Å². The zero-order chi connectivity index (χ0) is 12.5. The van der Waals surface area contributed by atoms with E-state index in [1.165, 1.54) is 12.1 Å². The van der Waals surface area contributed by atoms with Crippen LogP contribution in [0.4, 0.5) is 5.69 Å². The third kappa shape index (κ3) is 2.25. The number of benzene rings is 1. The maximum Gasteiger partial charge on any atom is 0.234 e. The Morgan fingerprint density at radius 3 is 2.71 bits per heavy atom. The highest BCUT2D eigenvalue weighted by Crippen LogP contribution is 2.28. The van der Waals surface area contributed by atoms with Crippen LogP contribution in [0.15, 0.2) is 24.3 Å². The van der Waals surface area contributed by atoms with E-state index in [9.17, 15) is 4.79 Å². The summed E-state index contributed by atoms with van der Waals surface area (Å²) in [7, 11) is 0. The van der Waals surface area contributed by atoms with Gasteiger partial charge >= 0.3 is 0 Å². The van der Waals surface area contributed by atoms with E-state index < -0.39 is 5.41 Å². The molecule has 0 saturated carbocycles. The van der Waals surface area contributed by atoms with E-state index in [0.29, 0.717) is 18.9 Å². The predicted molar refractivity (Wildman–Crippen MR) is 63.6 cm³/mol. The number of nitrogens with two attached hydrogens (primary N) is 1. The highest BCUT2D eigenvalue weighted by Gasteiger charge is 2.44. The van der Waals surface area contributed by atoms with E-state index in [4.69, 9.17) is 15.6 Å². The van der Waals surface area contributed by atoms with Crippen molar-refractivity contribution >= 4 is 11.6 Å². The lowest BCUT2D eigenvalue weighted by Gasteiger charge is -2.25. The zero-order valence-corrected chi connectivity index (χ0v) is 9.64. The number of phenolic OH excluding ortho intramolecular Hbond substituents is 1. The van der Waals surface area contributed by atoms with Gasteiger partial charge in [0, 0.05) is 11.7 Å². The van der Waals surface area contributed by atoms with Crippen LogP contribution < -0.4 is 11.1 Å². The first kappa shape index (κ1) is 11.9. The number of hydrogen-bond donors (Lipinski definition) is 3. The number of phenols is 1. The molecule has 92 valence electrons. The second-order valence-electron chi connectivity index (χ2n) is 4.54. The normalized spacial score (nSPS) is 28.0. The van der Waals surface area contributed by atoms with Crippen LogP contribution in [0, 0.1) is 5.41 Å². The van der Waals surface area contributed by atoms with Gasteiger partial charge in [-0.2, -0.15) is 0 Å². The molecule has 1 heterocycles. The standard InChI is InChI=1S/C12H16N2O3/c1-12(7-17-6-10(12)13)11(16)14-8-2-4-9(15)5-3-8/h2-5,10,15H,6-7,13H2,1H3,(H,14,16). The number of hydrogen-bond acceptors (Lipinski definition) is 4. The molecule has 4 N–H and O–H groups in total. The third-order valence-corrected chi connectivity index (χ3v) is 3.16. The number of nitrogens with one attached hydrogen (secondary N) is 1. The van der Waals surface area contributed by atoms with Gasteiger partial charge in [-0.05, 0) is 31.2 Å². The smallest absolute Gasteiger partial charge is 0.234 e. The van der Waals surface area contributed by atoms with E-state index in [1.54, 1.807) is 19.1 Å². The summed E-state index contributed by atoms with van der Waals surface area (Å²) in [6.45, 7) is 2.53. The Morgan fingerprint density at radius 2 is 2.18 bits per heavy atom. The second kappa shape index (κ2) is 4.35. The molecule has 1 amide bonds. The Hall–Kier alpha value is -1.59. The Balaban J connectivity index is 2.09. The van der Waals surface area contributed by atoms with Gasteiger partial charge in [-0.3, -0.25) is 4.79 Å². The maximum atomic E-state index is 12.1. The third-order valence-electron chi connectivity index (χ3n) is 3.16. The molecule has 2 atom stereocenters. The van der Waals surface area contributed by atoms with E-state index in [-0.39, 0.29) is 17.7 Å². The summed E-state index contributed by atoms with van der Waals surface area (Å²) in [6.07, 6.45) is 0. The summed E-state index contributed by atoms with van der Waals surface area (Å²) in [5.74, 6) is 0.00306. The molecule has 1 aromatic carbocycles. The van der Waals surface area contributed by atoms with Gasteiger partial charge in [-0.1, -0.05) is 0 Å². The van der Waals surface area contributed by atoms with Gasteiger partial charge in [0.15, 0.2) is 0 Å².